The molecule has 0 radical (unpaired) electrons. The van der Waals surface area contributed by atoms with Gasteiger partial charge in [-0.1, -0.05) is 54.9 Å². The van der Waals surface area contributed by atoms with E-state index >= 15 is 0 Å². The van der Waals surface area contributed by atoms with Gasteiger partial charge in [0.15, 0.2) is 0 Å². The fourth-order valence-electron chi connectivity index (χ4n) is 2.45. The first-order chi connectivity index (χ1) is 9.70. The highest BCUT2D eigenvalue weighted by atomic mass is 35.5. The predicted octanol–water partition coefficient (Wildman–Crippen LogP) is 4.93. The van der Waals surface area contributed by atoms with Gasteiger partial charge in [0.25, 0.3) is 0 Å². The lowest BCUT2D eigenvalue weighted by Crippen LogP contribution is -2.24. The van der Waals surface area contributed by atoms with Crippen molar-refractivity contribution in [2.75, 3.05) is 6.54 Å². The van der Waals surface area contributed by atoms with Crippen LogP contribution in [0.15, 0.2) is 48.5 Å². The third-order valence-corrected chi connectivity index (χ3v) is 3.78. The number of halogens is 1. The number of benzene rings is 2. The largest absolute Gasteiger partial charge is 0.310 e. The summed E-state index contributed by atoms with van der Waals surface area (Å²) in [6, 6.07) is 17.1. The number of aryl methyl sites for hydroxylation is 1. The van der Waals surface area contributed by atoms with Crippen LogP contribution in [0.4, 0.5) is 0 Å². The zero-order chi connectivity index (χ0) is 14.4. The second kappa shape index (κ2) is 7.47. The van der Waals surface area contributed by atoms with Crippen molar-refractivity contribution in [3.05, 3.63) is 70.2 Å². The smallest absolute Gasteiger partial charge is 0.0409 e. The third kappa shape index (κ3) is 4.09. The Bertz CT molecular complexity index is 536. The van der Waals surface area contributed by atoms with E-state index in [2.05, 4.69) is 61.6 Å². The Balaban J connectivity index is 2.24. The van der Waals surface area contributed by atoms with E-state index in [0.717, 1.165) is 24.4 Å². The highest BCUT2D eigenvalue weighted by Crippen LogP contribution is 2.25. The summed E-state index contributed by atoms with van der Waals surface area (Å²) in [4.78, 5) is 0. The lowest BCUT2D eigenvalue weighted by Gasteiger charge is -2.21. The Labute approximate surface area is 127 Å². The molecular weight excluding hydrogens is 266 g/mol. The molecule has 1 unspecified atom stereocenters. The minimum atomic E-state index is 0.316. The molecule has 1 nitrogen and oxygen atoms in total. The van der Waals surface area contributed by atoms with Crippen molar-refractivity contribution < 1.29 is 0 Å². The van der Waals surface area contributed by atoms with E-state index in [-0.39, 0.29) is 0 Å². The molecule has 20 heavy (non-hydrogen) atoms. The standard InChI is InChI=1S/C18H22ClN/c1-3-11-20-18(12-15-7-5-4-6-8-15)17-13-16(19)10-9-14(17)2/h4-10,13,18,20H,3,11-12H2,1-2H3. The molecule has 0 aromatic heterocycles. The first-order valence-electron chi connectivity index (χ1n) is 7.24. The molecule has 0 amide bonds. The summed E-state index contributed by atoms with van der Waals surface area (Å²) in [6.45, 7) is 5.36. The Morgan fingerprint density at radius 1 is 1.10 bits per heavy atom. The average Bonchev–Trinajstić information content (AvgIpc) is 2.47. The van der Waals surface area contributed by atoms with Crippen molar-refractivity contribution in [2.45, 2.75) is 32.7 Å². The summed E-state index contributed by atoms with van der Waals surface area (Å²) in [5.41, 5.74) is 3.94. The molecule has 2 rings (SSSR count). The molecule has 106 valence electrons. The number of rotatable bonds is 6. The van der Waals surface area contributed by atoms with Crippen molar-refractivity contribution in [3.63, 3.8) is 0 Å². The zero-order valence-electron chi connectivity index (χ0n) is 12.2. The van der Waals surface area contributed by atoms with Crippen LogP contribution in [-0.4, -0.2) is 6.54 Å². The maximum Gasteiger partial charge on any atom is 0.0409 e. The van der Waals surface area contributed by atoms with Crippen molar-refractivity contribution in [1.29, 1.82) is 0 Å². The number of hydrogen-bond donors (Lipinski definition) is 1. The van der Waals surface area contributed by atoms with E-state index in [1.54, 1.807) is 0 Å². The fourth-order valence-corrected chi connectivity index (χ4v) is 2.63. The minimum Gasteiger partial charge on any atom is -0.310 e. The fraction of sp³-hybridized carbons (Fsp3) is 0.333. The van der Waals surface area contributed by atoms with E-state index in [0.29, 0.717) is 6.04 Å². The van der Waals surface area contributed by atoms with Gasteiger partial charge in [-0.3, -0.25) is 0 Å². The SMILES string of the molecule is CCCNC(Cc1ccccc1)c1cc(Cl)ccc1C. The zero-order valence-corrected chi connectivity index (χ0v) is 13.0. The average molecular weight is 288 g/mol. The summed E-state index contributed by atoms with van der Waals surface area (Å²) in [7, 11) is 0. The van der Waals surface area contributed by atoms with E-state index in [9.17, 15) is 0 Å². The molecule has 0 bridgehead atoms. The summed E-state index contributed by atoms with van der Waals surface area (Å²) in [5, 5.41) is 4.45. The van der Waals surface area contributed by atoms with Crippen molar-refractivity contribution in [2.24, 2.45) is 0 Å². The van der Waals surface area contributed by atoms with Crippen LogP contribution in [0.5, 0.6) is 0 Å². The van der Waals surface area contributed by atoms with Crippen LogP contribution >= 0.6 is 11.6 Å². The molecule has 0 aliphatic rings. The van der Waals surface area contributed by atoms with Gasteiger partial charge in [0.1, 0.15) is 0 Å². The van der Waals surface area contributed by atoms with Gasteiger partial charge in [0.2, 0.25) is 0 Å². The van der Waals surface area contributed by atoms with Gasteiger partial charge >= 0.3 is 0 Å². The van der Waals surface area contributed by atoms with Crippen LogP contribution in [-0.2, 0) is 6.42 Å². The second-order valence-corrected chi connectivity index (χ2v) is 5.63. The van der Waals surface area contributed by atoms with Crippen LogP contribution in [0, 0.1) is 6.92 Å². The van der Waals surface area contributed by atoms with Gasteiger partial charge in [0.05, 0.1) is 0 Å². The first kappa shape index (κ1) is 15.1. The molecule has 0 fully saturated rings. The maximum atomic E-state index is 6.17. The van der Waals surface area contributed by atoms with Gasteiger partial charge in [-0.15, -0.1) is 0 Å². The van der Waals surface area contributed by atoms with Crippen molar-refractivity contribution in [3.8, 4) is 0 Å². The predicted molar refractivity (Wildman–Crippen MR) is 87.4 cm³/mol. The quantitative estimate of drug-likeness (QED) is 0.794. The molecule has 0 saturated carbocycles. The van der Waals surface area contributed by atoms with Crippen molar-refractivity contribution >= 4 is 11.6 Å². The van der Waals surface area contributed by atoms with E-state index in [1.807, 2.05) is 6.07 Å². The van der Waals surface area contributed by atoms with Gasteiger partial charge in [-0.25, -0.2) is 0 Å². The molecule has 0 heterocycles. The van der Waals surface area contributed by atoms with Crippen molar-refractivity contribution in [1.82, 2.24) is 5.32 Å². The van der Waals surface area contributed by atoms with Gasteiger partial charge in [-0.05, 0) is 55.1 Å². The van der Waals surface area contributed by atoms with Gasteiger partial charge in [0, 0.05) is 11.1 Å². The second-order valence-electron chi connectivity index (χ2n) is 5.20. The number of hydrogen-bond acceptors (Lipinski definition) is 1. The third-order valence-electron chi connectivity index (χ3n) is 3.54. The molecule has 2 heteroatoms. The summed E-state index contributed by atoms with van der Waals surface area (Å²) >= 11 is 6.17. The van der Waals surface area contributed by atoms with E-state index in [4.69, 9.17) is 11.6 Å². The summed E-state index contributed by atoms with van der Waals surface area (Å²) in [6.07, 6.45) is 2.12. The molecule has 0 aliphatic carbocycles. The van der Waals surface area contributed by atoms with Crippen LogP contribution in [0.25, 0.3) is 0 Å². The first-order valence-corrected chi connectivity index (χ1v) is 7.62. The molecule has 1 atom stereocenters. The number of nitrogens with one attached hydrogen (secondary N) is 1. The molecule has 0 aliphatic heterocycles. The van der Waals surface area contributed by atoms with E-state index < -0.39 is 0 Å². The van der Waals surface area contributed by atoms with Crippen LogP contribution < -0.4 is 5.32 Å². The summed E-state index contributed by atoms with van der Waals surface area (Å²) < 4.78 is 0. The lowest BCUT2D eigenvalue weighted by molar-refractivity contribution is 0.527. The highest BCUT2D eigenvalue weighted by Gasteiger charge is 2.14. The normalized spacial score (nSPS) is 12.3. The molecule has 2 aromatic rings. The Kier molecular flexibility index (Phi) is 5.63. The molecule has 0 spiro atoms. The summed E-state index contributed by atoms with van der Waals surface area (Å²) in [5.74, 6) is 0. The highest BCUT2D eigenvalue weighted by molar-refractivity contribution is 6.30. The molecule has 2 aromatic carbocycles. The topological polar surface area (TPSA) is 12.0 Å². The molecular formula is C18H22ClN. The van der Waals surface area contributed by atoms with E-state index in [1.165, 1.54) is 16.7 Å². The Morgan fingerprint density at radius 3 is 2.55 bits per heavy atom. The minimum absolute atomic E-state index is 0.316. The molecule has 0 saturated heterocycles. The van der Waals surface area contributed by atoms with Crippen LogP contribution in [0.2, 0.25) is 5.02 Å². The van der Waals surface area contributed by atoms with Crippen LogP contribution in [0.3, 0.4) is 0 Å². The molecule has 1 N–H and O–H groups in total. The maximum absolute atomic E-state index is 6.17. The van der Waals surface area contributed by atoms with Gasteiger partial charge < -0.3 is 5.32 Å². The Hall–Kier alpha value is -1.31. The lowest BCUT2D eigenvalue weighted by atomic mass is 9.95. The van der Waals surface area contributed by atoms with Crippen LogP contribution in [0.1, 0.15) is 36.1 Å². The Morgan fingerprint density at radius 2 is 1.85 bits per heavy atom. The van der Waals surface area contributed by atoms with Gasteiger partial charge in [-0.2, -0.15) is 0 Å². The monoisotopic (exact) mass is 287 g/mol.